The number of alkyl halides is 1. The number of hydrogen-bond acceptors (Lipinski definition) is 6. The van der Waals surface area contributed by atoms with Crippen molar-refractivity contribution < 1.29 is 32.7 Å². The third kappa shape index (κ3) is 7.50. The molecular weight excluding hydrogens is 602 g/mol. The number of ketones is 1. The number of halogens is 2. The second kappa shape index (κ2) is 15.2. The summed E-state index contributed by atoms with van der Waals surface area (Å²) in [7, 11) is 1.63. The Hall–Kier alpha value is -3.46. The van der Waals surface area contributed by atoms with Gasteiger partial charge in [0.2, 0.25) is 5.91 Å². The van der Waals surface area contributed by atoms with Gasteiger partial charge in [0.15, 0.2) is 11.5 Å². The van der Waals surface area contributed by atoms with Crippen LogP contribution in [0.5, 0.6) is 5.75 Å². The van der Waals surface area contributed by atoms with Gasteiger partial charge in [-0.2, -0.15) is 0 Å². The molecule has 1 spiro atoms. The third-order valence-corrected chi connectivity index (χ3v) is 11.0. The van der Waals surface area contributed by atoms with Crippen LogP contribution >= 0.6 is 0 Å². The quantitative estimate of drug-likeness (QED) is 0.305. The minimum Gasteiger partial charge on any atom is -0.490 e. The smallest absolute Gasteiger partial charge is 0.229 e. The van der Waals surface area contributed by atoms with E-state index in [1.807, 2.05) is 51.7 Å². The fraction of sp³-hybridized carbons (Fsp3) is 0.579. The van der Waals surface area contributed by atoms with E-state index in [1.165, 1.54) is 6.07 Å². The standard InChI is InChI=1S/C36H46F2N2O3.2CH2O/c1-34(2,33(42)39-3)25-13-15-30(28(20-25)27-10-7-11-29(37)32(27)24-8-6-9-24)43-26-14-12-23(18-26)19-31(41)36(38)21-35(40-22-36)16-4-5-17-35;2*1-2/h7,10-11,13,15,20,23-24,26,40H,4-6,8-9,12,14,16-19,21-22H2,1-3H3,(H,39,42);2*1H2/t23-,26?,36+;;/m1../s1. The summed E-state index contributed by atoms with van der Waals surface area (Å²) in [5.74, 6) is 0.341. The number of carbonyl (C=O) groups excluding carboxylic acids is 4. The van der Waals surface area contributed by atoms with Crippen molar-refractivity contribution in [3.63, 3.8) is 0 Å². The topological polar surface area (TPSA) is 102 Å². The lowest BCUT2D eigenvalue weighted by molar-refractivity contribution is -0.130. The van der Waals surface area contributed by atoms with E-state index in [0.29, 0.717) is 18.6 Å². The van der Waals surface area contributed by atoms with Gasteiger partial charge < -0.3 is 25.0 Å². The summed E-state index contributed by atoms with van der Waals surface area (Å²) in [5, 5.41) is 6.13. The molecule has 1 aliphatic heterocycles. The van der Waals surface area contributed by atoms with E-state index in [4.69, 9.17) is 14.3 Å². The van der Waals surface area contributed by atoms with Crippen molar-refractivity contribution in [1.82, 2.24) is 10.6 Å². The van der Waals surface area contributed by atoms with E-state index >= 15 is 8.78 Å². The summed E-state index contributed by atoms with van der Waals surface area (Å²) < 4.78 is 37.8. The molecule has 256 valence electrons. The van der Waals surface area contributed by atoms with Gasteiger partial charge in [0.05, 0.1) is 11.5 Å². The molecular formula is C38H50F2N2O5. The van der Waals surface area contributed by atoms with Crippen LogP contribution in [0.15, 0.2) is 36.4 Å². The molecule has 4 aliphatic rings. The molecule has 7 nitrogen and oxygen atoms in total. The van der Waals surface area contributed by atoms with Gasteiger partial charge in [-0.1, -0.05) is 37.5 Å². The second-order valence-electron chi connectivity index (χ2n) is 14.3. The molecule has 1 unspecified atom stereocenters. The number of nitrogens with one attached hydrogen (secondary N) is 2. The fourth-order valence-electron chi connectivity index (χ4n) is 8.10. The Bertz CT molecular complexity index is 1420. The largest absolute Gasteiger partial charge is 0.490 e. The number of carbonyl (C=O) groups is 4. The molecule has 3 aliphatic carbocycles. The van der Waals surface area contributed by atoms with Gasteiger partial charge in [-0.15, -0.1) is 0 Å². The van der Waals surface area contributed by atoms with Gasteiger partial charge in [-0.25, -0.2) is 8.78 Å². The van der Waals surface area contributed by atoms with Crippen LogP contribution in [0.4, 0.5) is 8.78 Å². The van der Waals surface area contributed by atoms with Crippen LogP contribution in [0.2, 0.25) is 0 Å². The number of ether oxygens (including phenoxy) is 1. The minimum atomic E-state index is -1.76. The lowest BCUT2D eigenvalue weighted by Crippen LogP contribution is -2.38. The summed E-state index contributed by atoms with van der Waals surface area (Å²) in [5.41, 5.74) is 0.409. The third-order valence-electron chi connectivity index (χ3n) is 11.0. The van der Waals surface area contributed by atoms with Crippen LogP contribution in [0.25, 0.3) is 11.1 Å². The molecule has 9 heteroatoms. The molecule has 3 atom stereocenters. The number of rotatable bonds is 9. The average molecular weight is 653 g/mol. The zero-order valence-corrected chi connectivity index (χ0v) is 28.1. The molecule has 0 bridgehead atoms. The first kappa shape index (κ1) is 36.4. The molecule has 0 aromatic heterocycles. The monoisotopic (exact) mass is 652 g/mol. The maximum Gasteiger partial charge on any atom is 0.229 e. The Labute approximate surface area is 277 Å². The van der Waals surface area contributed by atoms with E-state index in [-0.39, 0.29) is 54.0 Å². The van der Waals surface area contributed by atoms with Gasteiger partial charge in [0, 0.05) is 37.5 Å². The number of benzene rings is 2. The Morgan fingerprint density at radius 3 is 2.34 bits per heavy atom. The summed E-state index contributed by atoms with van der Waals surface area (Å²) in [6.07, 6.45) is 9.84. The van der Waals surface area contributed by atoms with Crippen LogP contribution < -0.4 is 15.4 Å². The van der Waals surface area contributed by atoms with E-state index in [2.05, 4.69) is 10.6 Å². The van der Waals surface area contributed by atoms with Gasteiger partial charge in [0.25, 0.3) is 0 Å². The van der Waals surface area contributed by atoms with Crippen LogP contribution in [0, 0.1) is 11.7 Å². The van der Waals surface area contributed by atoms with Crippen LogP contribution in [0.1, 0.15) is 108 Å². The van der Waals surface area contributed by atoms with Crippen molar-refractivity contribution in [2.75, 3.05) is 13.6 Å². The number of likely N-dealkylation sites (N-methyl/N-ethyl adjacent to an activating group) is 1. The summed E-state index contributed by atoms with van der Waals surface area (Å²) in [4.78, 5) is 42.0. The molecule has 3 saturated carbocycles. The maximum absolute atomic E-state index is 15.8. The fourth-order valence-corrected chi connectivity index (χ4v) is 8.10. The molecule has 2 N–H and O–H groups in total. The van der Waals surface area contributed by atoms with Crippen molar-refractivity contribution in [2.24, 2.45) is 5.92 Å². The number of amides is 1. The van der Waals surface area contributed by atoms with Crippen molar-refractivity contribution in [3.8, 4) is 16.9 Å². The first-order valence-electron chi connectivity index (χ1n) is 16.9. The average Bonchev–Trinajstić information content (AvgIpc) is 3.79. The zero-order valence-electron chi connectivity index (χ0n) is 28.1. The highest BCUT2D eigenvalue weighted by atomic mass is 19.1. The summed E-state index contributed by atoms with van der Waals surface area (Å²) >= 11 is 0. The van der Waals surface area contributed by atoms with Gasteiger partial charge in [0.1, 0.15) is 25.1 Å². The lowest BCUT2D eigenvalue weighted by Gasteiger charge is -2.30. The highest BCUT2D eigenvalue weighted by molar-refractivity contribution is 5.89. The van der Waals surface area contributed by atoms with E-state index in [0.717, 1.165) is 80.0 Å². The number of Topliss-reactive ketones (excluding diaryl/α,β-unsaturated/α-hetero) is 1. The first-order valence-corrected chi connectivity index (χ1v) is 16.9. The Balaban J connectivity index is 0.00000120. The van der Waals surface area contributed by atoms with Crippen LogP contribution in [-0.2, 0) is 24.6 Å². The molecule has 1 heterocycles. The molecule has 0 radical (unpaired) electrons. The predicted octanol–water partition coefficient (Wildman–Crippen LogP) is 6.94. The summed E-state index contributed by atoms with van der Waals surface area (Å²) in [6.45, 7) is 7.90. The van der Waals surface area contributed by atoms with Gasteiger partial charge in [-0.05, 0) is 106 Å². The highest BCUT2D eigenvalue weighted by Gasteiger charge is 2.53. The maximum atomic E-state index is 15.8. The van der Waals surface area contributed by atoms with Crippen molar-refractivity contribution >= 4 is 25.3 Å². The second-order valence-corrected chi connectivity index (χ2v) is 14.3. The Kier molecular flexibility index (Phi) is 11.7. The first-order chi connectivity index (χ1) is 22.5. The molecule has 6 rings (SSSR count). The van der Waals surface area contributed by atoms with Crippen molar-refractivity contribution in [2.45, 2.75) is 120 Å². The van der Waals surface area contributed by atoms with Crippen LogP contribution in [0.3, 0.4) is 0 Å². The highest BCUT2D eigenvalue weighted by Crippen LogP contribution is 2.47. The van der Waals surface area contributed by atoms with E-state index in [9.17, 15) is 9.59 Å². The molecule has 47 heavy (non-hydrogen) atoms. The molecule has 2 aromatic rings. The Morgan fingerprint density at radius 2 is 1.70 bits per heavy atom. The van der Waals surface area contributed by atoms with Gasteiger partial charge >= 0.3 is 0 Å². The van der Waals surface area contributed by atoms with Crippen LogP contribution in [-0.4, -0.2) is 56.2 Å². The van der Waals surface area contributed by atoms with Crippen molar-refractivity contribution in [1.29, 1.82) is 0 Å². The summed E-state index contributed by atoms with van der Waals surface area (Å²) in [6, 6.07) is 11.0. The molecule has 2 aromatic carbocycles. The normalized spacial score (nSPS) is 24.8. The molecule has 1 saturated heterocycles. The van der Waals surface area contributed by atoms with E-state index in [1.54, 1.807) is 13.1 Å². The number of hydrogen-bond donors (Lipinski definition) is 2. The lowest BCUT2D eigenvalue weighted by atomic mass is 9.76. The predicted molar refractivity (Wildman–Crippen MR) is 179 cm³/mol. The SMILES string of the molecule is C=O.C=O.CNC(=O)C(C)(C)c1ccc(OC2CC[C@@H](CC(=O)[C@@]3(F)CNC4(CCCC4)C3)C2)c(-c2cccc(F)c2C2CCC2)c1. The van der Waals surface area contributed by atoms with E-state index < -0.39 is 11.1 Å². The van der Waals surface area contributed by atoms with Crippen molar-refractivity contribution in [3.05, 3.63) is 53.3 Å². The zero-order chi connectivity index (χ0) is 34.4. The Morgan fingerprint density at radius 1 is 1.00 bits per heavy atom. The molecule has 4 fully saturated rings. The van der Waals surface area contributed by atoms with Gasteiger partial charge in [-0.3, -0.25) is 9.59 Å². The molecule has 1 amide bonds. The minimum absolute atomic E-state index is 0.0832.